The number of unbranched alkanes of at least 4 members (excludes halogenated alkanes) is 60. The molecule has 0 radical (unpaired) electrons. The van der Waals surface area contributed by atoms with Gasteiger partial charge in [-0.1, -0.05) is 384 Å². The maximum absolute atomic E-state index is 12.5. The Kier molecular flexibility index (Phi) is 74.8. The van der Waals surface area contributed by atoms with Crippen LogP contribution in [-0.4, -0.2) is 47.4 Å². The molecule has 0 aromatic carbocycles. The molecule has 3 N–H and O–H groups in total. The lowest BCUT2D eigenvalue weighted by atomic mass is 10.0. The van der Waals surface area contributed by atoms with Crippen molar-refractivity contribution in [1.29, 1.82) is 0 Å². The van der Waals surface area contributed by atoms with Crippen molar-refractivity contribution in [1.82, 2.24) is 5.32 Å². The van der Waals surface area contributed by atoms with E-state index in [4.69, 9.17) is 4.74 Å². The average Bonchev–Trinajstić information content (AvgIpc) is 3.53. The highest BCUT2D eigenvalue weighted by Gasteiger charge is 2.18. The summed E-state index contributed by atoms with van der Waals surface area (Å²) < 4.78 is 5.51. The van der Waals surface area contributed by atoms with Crippen molar-refractivity contribution in [3.05, 3.63) is 36.5 Å². The molecule has 0 saturated carbocycles. The monoisotopic (exact) mass is 1220 g/mol. The van der Waals surface area contributed by atoms with E-state index in [0.29, 0.717) is 19.4 Å². The summed E-state index contributed by atoms with van der Waals surface area (Å²) in [4.78, 5) is 24.6. The second kappa shape index (κ2) is 76.5. The third-order valence-electron chi connectivity index (χ3n) is 18.6. The third-order valence-corrected chi connectivity index (χ3v) is 18.6. The number of hydrogen-bond donors (Lipinski definition) is 3. The van der Waals surface area contributed by atoms with E-state index >= 15 is 0 Å². The van der Waals surface area contributed by atoms with Crippen LogP contribution in [0.25, 0.3) is 0 Å². The van der Waals surface area contributed by atoms with Gasteiger partial charge in [-0.15, -0.1) is 0 Å². The minimum Gasteiger partial charge on any atom is -0.466 e. The average molecular weight is 1220 g/mol. The summed E-state index contributed by atoms with van der Waals surface area (Å²) in [6, 6.07) is -0.626. The molecule has 2 atom stereocenters. The fourth-order valence-corrected chi connectivity index (χ4v) is 12.6. The lowest BCUT2D eigenvalue weighted by molar-refractivity contribution is -0.143. The number of amides is 1. The van der Waals surface area contributed by atoms with Gasteiger partial charge in [0.05, 0.1) is 25.4 Å². The molecule has 1 amide bonds. The van der Waals surface area contributed by atoms with Crippen LogP contribution in [0, 0.1) is 0 Å². The highest BCUT2D eigenvalue weighted by molar-refractivity contribution is 5.76. The number of aliphatic hydroxyl groups excluding tert-OH is 2. The van der Waals surface area contributed by atoms with Gasteiger partial charge in [-0.25, -0.2) is 0 Å². The van der Waals surface area contributed by atoms with E-state index in [1.807, 2.05) is 6.08 Å². The SMILES string of the molecule is CCCCCCCCC/C=C\CCCCCCCCCC(=O)OCCCCCCCCCCCCCCCC/C=C\CCCCCCCCCCCCCCCCCCCC(=O)NC(CO)C(O)/C=C/CCCCCCCCCCCCCCCCC. The number of rotatable bonds is 75. The molecule has 6 heteroatoms. The number of carbonyl (C=O) groups excluding carboxylic acids is 2. The van der Waals surface area contributed by atoms with Gasteiger partial charge in [0.25, 0.3) is 0 Å². The molecule has 0 bridgehead atoms. The quantitative estimate of drug-likeness (QED) is 0.0320. The van der Waals surface area contributed by atoms with Crippen LogP contribution < -0.4 is 5.32 Å². The van der Waals surface area contributed by atoms with Gasteiger partial charge in [-0.3, -0.25) is 9.59 Å². The third kappa shape index (κ3) is 73.0. The molecule has 0 aliphatic rings. The maximum atomic E-state index is 12.5. The van der Waals surface area contributed by atoms with E-state index in [-0.39, 0.29) is 18.5 Å². The fourth-order valence-electron chi connectivity index (χ4n) is 12.6. The van der Waals surface area contributed by atoms with Crippen LogP contribution in [0.2, 0.25) is 0 Å². The summed E-state index contributed by atoms with van der Waals surface area (Å²) in [6.45, 7) is 4.94. The number of allylic oxidation sites excluding steroid dienone is 5. The Hall–Kier alpha value is -1.92. The lowest BCUT2D eigenvalue weighted by Crippen LogP contribution is -2.45. The summed E-state index contributed by atoms with van der Waals surface area (Å²) >= 11 is 0. The van der Waals surface area contributed by atoms with Crippen LogP contribution in [-0.2, 0) is 14.3 Å². The normalized spacial score (nSPS) is 12.6. The number of carbonyl (C=O) groups is 2. The molecule has 0 aliphatic carbocycles. The van der Waals surface area contributed by atoms with E-state index in [1.165, 1.54) is 372 Å². The van der Waals surface area contributed by atoms with Gasteiger partial charge in [-0.2, -0.15) is 0 Å². The van der Waals surface area contributed by atoms with E-state index in [2.05, 4.69) is 43.5 Å². The van der Waals surface area contributed by atoms with Gasteiger partial charge in [0.2, 0.25) is 5.91 Å². The molecule has 0 rings (SSSR count). The van der Waals surface area contributed by atoms with Crippen molar-refractivity contribution in [2.24, 2.45) is 0 Å². The molecule has 2 unspecified atom stereocenters. The number of esters is 1. The number of aliphatic hydroxyl groups is 2. The first kappa shape index (κ1) is 85.1. The molecular formula is C81H155NO5. The van der Waals surface area contributed by atoms with Crippen LogP contribution in [0.4, 0.5) is 0 Å². The Morgan fingerprint density at radius 3 is 0.816 bits per heavy atom. The molecule has 0 aromatic rings. The standard InChI is InChI=1S/C81H155NO5/c1-3-5-7-9-11-13-15-17-19-21-43-47-51-55-59-63-67-71-75-81(86)87-76-72-68-64-60-56-52-48-44-40-38-36-34-32-30-28-26-24-22-23-25-27-29-31-33-35-37-39-42-46-50-54-58-62-66-70-74-80(85)82-78(77-83)79(84)73-69-65-61-57-53-49-45-41-20-18-16-14-12-10-8-6-4-2/h19,21,24,26,69,73,78-79,83-84H,3-18,20,22-23,25,27-68,70-72,74-77H2,1-2H3,(H,82,85)/b21-19-,26-24-,73-69+. The van der Waals surface area contributed by atoms with Crippen molar-refractivity contribution in [2.45, 2.75) is 456 Å². The minimum absolute atomic E-state index is 0.0178. The fraction of sp³-hybridized carbons (Fsp3) is 0.901. The molecule has 0 spiro atoms. The van der Waals surface area contributed by atoms with E-state index in [9.17, 15) is 19.8 Å². The summed E-state index contributed by atoms with van der Waals surface area (Å²) in [7, 11) is 0. The second-order valence-electron chi connectivity index (χ2n) is 27.4. The highest BCUT2D eigenvalue weighted by Crippen LogP contribution is 2.19. The van der Waals surface area contributed by atoms with Gasteiger partial charge in [0.15, 0.2) is 0 Å². The predicted molar refractivity (Wildman–Crippen MR) is 384 cm³/mol. The van der Waals surface area contributed by atoms with Crippen molar-refractivity contribution in [3.8, 4) is 0 Å². The Bertz CT molecular complexity index is 1410. The van der Waals surface area contributed by atoms with E-state index < -0.39 is 12.1 Å². The van der Waals surface area contributed by atoms with Crippen LogP contribution in [0.3, 0.4) is 0 Å². The highest BCUT2D eigenvalue weighted by atomic mass is 16.5. The number of hydrogen-bond acceptors (Lipinski definition) is 5. The summed E-state index contributed by atoms with van der Waals surface area (Å²) in [5.41, 5.74) is 0. The smallest absolute Gasteiger partial charge is 0.305 e. The van der Waals surface area contributed by atoms with Crippen molar-refractivity contribution < 1.29 is 24.5 Å². The molecule has 87 heavy (non-hydrogen) atoms. The van der Waals surface area contributed by atoms with Gasteiger partial charge < -0.3 is 20.3 Å². The molecule has 0 fully saturated rings. The van der Waals surface area contributed by atoms with Crippen LogP contribution in [0.15, 0.2) is 36.5 Å². The predicted octanol–water partition coefficient (Wildman–Crippen LogP) is 26.2. The lowest BCUT2D eigenvalue weighted by Gasteiger charge is -2.20. The van der Waals surface area contributed by atoms with Crippen molar-refractivity contribution >= 4 is 11.9 Å². The number of ether oxygens (including phenoxy) is 1. The van der Waals surface area contributed by atoms with Gasteiger partial charge in [0.1, 0.15) is 0 Å². The maximum Gasteiger partial charge on any atom is 0.305 e. The molecule has 0 aliphatic heterocycles. The first-order valence-corrected chi connectivity index (χ1v) is 39.8. The topological polar surface area (TPSA) is 95.9 Å². The van der Waals surface area contributed by atoms with Gasteiger partial charge in [0, 0.05) is 12.8 Å². The molecule has 6 nitrogen and oxygen atoms in total. The Morgan fingerprint density at radius 1 is 0.310 bits per heavy atom. The molecule has 514 valence electrons. The molecule has 0 saturated heterocycles. The Morgan fingerprint density at radius 2 is 0.540 bits per heavy atom. The molecular weight excluding hydrogens is 1070 g/mol. The van der Waals surface area contributed by atoms with Crippen LogP contribution in [0.1, 0.15) is 444 Å². The first-order chi connectivity index (χ1) is 43.0. The van der Waals surface area contributed by atoms with Crippen LogP contribution >= 0.6 is 0 Å². The summed E-state index contributed by atoms with van der Waals surface area (Å²) in [5, 5.41) is 23.2. The largest absolute Gasteiger partial charge is 0.466 e. The molecule has 0 heterocycles. The zero-order valence-corrected chi connectivity index (χ0v) is 59.0. The van der Waals surface area contributed by atoms with Crippen molar-refractivity contribution in [3.63, 3.8) is 0 Å². The zero-order chi connectivity index (χ0) is 62.8. The van der Waals surface area contributed by atoms with Crippen molar-refractivity contribution in [2.75, 3.05) is 13.2 Å². The first-order valence-electron chi connectivity index (χ1n) is 39.8. The van der Waals surface area contributed by atoms with E-state index in [0.717, 1.165) is 44.9 Å². The Labute approximate surface area is 544 Å². The minimum atomic E-state index is -0.842. The zero-order valence-electron chi connectivity index (χ0n) is 59.0. The second-order valence-corrected chi connectivity index (χ2v) is 27.4. The van der Waals surface area contributed by atoms with Crippen LogP contribution in [0.5, 0.6) is 0 Å². The van der Waals surface area contributed by atoms with Gasteiger partial charge in [-0.05, 0) is 83.5 Å². The summed E-state index contributed by atoms with van der Waals surface area (Å²) in [6.07, 6.45) is 99.9. The van der Waals surface area contributed by atoms with Gasteiger partial charge >= 0.3 is 5.97 Å². The Balaban J connectivity index is 3.35. The summed E-state index contributed by atoms with van der Waals surface area (Å²) in [5.74, 6) is -0.0432. The van der Waals surface area contributed by atoms with E-state index in [1.54, 1.807) is 6.08 Å². The molecule has 0 aromatic heterocycles. The number of nitrogens with one attached hydrogen (secondary N) is 1.